The Kier molecular flexibility index (Phi) is 12.7. The summed E-state index contributed by atoms with van der Waals surface area (Å²) in [5, 5.41) is 8.17. The van der Waals surface area contributed by atoms with Gasteiger partial charge in [-0.1, -0.05) is 71.6 Å². The van der Waals surface area contributed by atoms with Crippen LogP contribution >= 0.6 is 0 Å². The van der Waals surface area contributed by atoms with E-state index in [9.17, 15) is 8.42 Å². The van der Waals surface area contributed by atoms with Crippen LogP contribution in [-0.4, -0.2) is 20.2 Å². The molecule has 0 aliphatic carbocycles. The van der Waals surface area contributed by atoms with E-state index in [1.54, 1.807) is 0 Å². The number of nitriles is 1. The number of rotatable bonds is 14. The SMILES string of the molecule is CCCCCCCNS(=O)(=O)C(C#N)CCCCCCC. The van der Waals surface area contributed by atoms with Crippen LogP contribution in [0.3, 0.4) is 0 Å². The summed E-state index contributed by atoms with van der Waals surface area (Å²) in [6.07, 6.45) is 11.2. The Morgan fingerprint density at radius 1 is 0.905 bits per heavy atom. The number of sulfonamides is 1. The average Bonchev–Trinajstić information content (AvgIpc) is 2.46. The van der Waals surface area contributed by atoms with Crippen molar-refractivity contribution in [2.45, 2.75) is 89.7 Å². The van der Waals surface area contributed by atoms with Gasteiger partial charge >= 0.3 is 0 Å². The first-order chi connectivity index (χ1) is 10.1. The lowest BCUT2D eigenvalue weighted by Gasteiger charge is -2.12. The van der Waals surface area contributed by atoms with Crippen LogP contribution in [0, 0.1) is 11.3 Å². The number of nitrogens with one attached hydrogen (secondary N) is 1. The number of nitrogens with zero attached hydrogens (tertiary/aromatic N) is 1. The van der Waals surface area contributed by atoms with Crippen molar-refractivity contribution >= 4 is 10.0 Å². The Hall–Kier alpha value is -0.600. The van der Waals surface area contributed by atoms with Crippen LogP contribution in [0.4, 0.5) is 0 Å². The second-order valence-corrected chi connectivity index (χ2v) is 7.62. The minimum absolute atomic E-state index is 0.450. The summed E-state index contributed by atoms with van der Waals surface area (Å²) in [6, 6.07) is 1.94. The Morgan fingerprint density at radius 3 is 1.95 bits per heavy atom. The summed E-state index contributed by atoms with van der Waals surface area (Å²) < 4.78 is 26.7. The highest BCUT2D eigenvalue weighted by molar-refractivity contribution is 7.90. The van der Waals surface area contributed by atoms with Crippen molar-refractivity contribution in [1.82, 2.24) is 4.72 Å². The third-order valence-electron chi connectivity index (χ3n) is 3.67. The molecule has 0 radical (unpaired) electrons. The molecule has 0 aliphatic heterocycles. The van der Waals surface area contributed by atoms with Crippen molar-refractivity contribution < 1.29 is 8.42 Å². The normalized spacial score (nSPS) is 13.0. The Morgan fingerprint density at radius 2 is 1.43 bits per heavy atom. The molecule has 0 aromatic carbocycles. The van der Waals surface area contributed by atoms with Crippen LogP contribution < -0.4 is 4.72 Å². The molecule has 0 amide bonds. The minimum atomic E-state index is -3.47. The lowest BCUT2D eigenvalue weighted by Crippen LogP contribution is -2.34. The van der Waals surface area contributed by atoms with E-state index in [1.165, 1.54) is 25.7 Å². The van der Waals surface area contributed by atoms with Crippen molar-refractivity contribution in [1.29, 1.82) is 5.26 Å². The molecule has 0 heterocycles. The topological polar surface area (TPSA) is 70.0 Å². The van der Waals surface area contributed by atoms with Crippen molar-refractivity contribution in [2.24, 2.45) is 0 Å². The fraction of sp³-hybridized carbons (Fsp3) is 0.938. The molecular formula is C16H32N2O2S. The predicted octanol–water partition coefficient (Wildman–Crippen LogP) is 4.13. The molecule has 1 N–H and O–H groups in total. The highest BCUT2D eigenvalue weighted by Gasteiger charge is 2.23. The molecule has 0 spiro atoms. The summed E-state index contributed by atoms with van der Waals surface area (Å²) in [7, 11) is -3.47. The Labute approximate surface area is 131 Å². The van der Waals surface area contributed by atoms with Crippen LogP contribution in [0.25, 0.3) is 0 Å². The third kappa shape index (κ3) is 10.7. The van der Waals surface area contributed by atoms with Crippen LogP contribution in [0.1, 0.15) is 84.5 Å². The van der Waals surface area contributed by atoms with Crippen molar-refractivity contribution in [3.63, 3.8) is 0 Å². The Balaban J connectivity index is 3.93. The highest BCUT2D eigenvalue weighted by atomic mass is 32.2. The maximum atomic E-state index is 12.0. The first-order valence-electron chi connectivity index (χ1n) is 8.46. The zero-order chi connectivity index (χ0) is 16.0. The van der Waals surface area contributed by atoms with Gasteiger partial charge in [0, 0.05) is 6.54 Å². The number of hydrogen-bond donors (Lipinski definition) is 1. The van der Waals surface area contributed by atoms with Crippen LogP contribution in [-0.2, 0) is 10.0 Å². The van der Waals surface area contributed by atoms with Gasteiger partial charge < -0.3 is 0 Å². The van der Waals surface area contributed by atoms with Gasteiger partial charge in [0.1, 0.15) is 0 Å². The fourth-order valence-corrected chi connectivity index (χ4v) is 3.51. The van der Waals surface area contributed by atoms with E-state index in [4.69, 9.17) is 5.26 Å². The second kappa shape index (κ2) is 13.1. The second-order valence-electron chi connectivity index (χ2n) is 5.67. The number of unbranched alkanes of at least 4 members (excludes halogenated alkanes) is 8. The van der Waals surface area contributed by atoms with E-state index in [0.717, 1.165) is 38.5 Å². The van der Waals surface area contributed by atoms with Crippen molar-refractivity contribution in [3.8, 4) is 6.07 Å². The van der Waals surface area contributed by atoms with Gasteiger partial charge in [-0.05, 0) is 12.8 Å². The molecule has 0 saturated carbocycles. The van der Waals surface area contributed by atoms with Gasteiger partial charge in [-0.25, -0.2) is 13.1 Å². The maximum absolute atomic E-state index is 12.0. The molecular weight excluding hydrogens is 284 g/mol. The molecule has 0 fully saturated rings. The standard InChI is InChI=1S/C16H32N2O2S/c1-3-5-7-9-11-13-16(15-17)21(19,20)18-14-12-10-8-6-4-2/h16,18H,3-14H2,1-2H3. The molecule has 4 nitrogen and oxygen atoms in total. The predicted molar refractivity (Wildman–Crippen MR) is 88.5 cm³/mol. The lowest BCUT2D eigenvalue weighted by atomic mass is 10.1. The van der Waals surface area contributed by atoms with Gasteiger partial charge in [-0.2, -0.15) is 5.26 Å². The molecule has 0 bridgehead atoms. The van der Waals surface area contributed by atoms with Crippen molar-refractivity contribution in [3.05, 3.63) is 0 Å². The van der Waals surface area contributed by atoms with E-state index < -0.39 is 15.3 Å². The fourth-order valence-electron chi connectivity index (χ4n) is 2.27. The summed E-state index contributed by atoms with van der Waals surface area (Å²) in [5.41, 5.74) is 0. The highest BCUT2D eigenvalue weighted by Crippen LogP contribution is 2.12. The van der Waals surface area contributed by atoms with Gasteiger partial charge in [0.15, 0.2) is 5.25 Å². The largest absolute Gasteiger partial charge is 0.227 e. The van der Waals surface area contributed by atoms with Gasteiger partial charge in [0.25, 0.3) is 0 Å². The van der Waals surface area contributed by atoms with E-state index >= 15 is 0 Å². The zero-order valence-corrected chi connectivity index (χ0v) is 14.6. The van der Waals surface area contributed by atoms with Gasteiger partial charge in [-0.3, -0.25) is 0 Å². The average molecular weight is 317 g/mol. The van der Waals surface area contributed by atoms with Crippen LogP contribution in [0.2, 0.25) is 0 Å². The Bertz CT molecular complexity index is 374. The van der Waals surface area contributed by atoms with E-state index in [0.29, 0.717) is 13.0 Å². The molecule has 0 saturated heterocycles. The zero-order valence-electron chi connectivity index (χ0n) is 13.7. The molecule has 1 atom stereocenters. The first kappa shape index (κ1) is 20.4. The summed E-state index contributed by atoms with van der Waals surface area (Å²) >= 11 is 0. The molecule has 1 unspecified atom stereocenters. The summed E-state index contributed by atoms with van der Waals surface area (Å²) in [5.74, 6) is 0. The minimum Gasteiger partial charge on any atom is -0.214 e. The molecule has 124 valence electrons. The van der Waals surface area contributed by atoms with E-state index in [2.05, 4.69) is 18.6 Å². The molecule has 0 rings (SSSR count). The summed E-state index contributed by atoms with van der Waals surface area (Å²) in [6.45, 7) is 4.76. The summed E-state index contributed by atoms with van der Waals surface area (Å²) in [4.78, 5) is 0. The number of hydrogen-bond acceptors (Lipinski definition) is 3. The molecule has 0 aromatic rings. The van der Waals surface area contributed by atoms with Gasteiger partial charge in [0.05, 0.1) is 6.07 Å². The van der Waals surface area contributed by atoms with Gasteiger partial charge in [-0.15, -0.1) is 0 Å². The van der Waals surface area contributed by atoms with Gasteiger partial charge in [0.2, 0.25) is 10.0 Å². The quantitative estimate of drug-likeness (QED) is 0.490. The van der Waals surface area contributed by atoms with E-state index in [1.807, 2.05) is 6.07 Å². The van der Waals surface area contributed by atoms with Crippen LogP contribution in [0.5, 0.6) is 0 Å². The third-order valence-corrected chi connectivity index (χ3v) is 5.37. The monoisotopic (exact) mass is 316 g/mol. The molecule has 21 heavy (non-hydrogen) atoms. The molecule has 0 aromatic heterocycles. The molecule has 5 heteroatoms. The van der Waals surface area contributed by atoms with E-state index in [-0.39, 0.29) is 0 Å². The van der Waals surface area contributed by atoms with Crippen LogP contribution in [0.15, 0.2) is 0 Å². The maximum Gasteiger partial charge on any atom is 0.227 e. The lowest BCUT2D eigenvalue weighted by molar-refractivity contribution is 0.551. The molecule has 0 aliphatic rings. The smallest absolute Gasteiger partial charge is 0.214 e. The van der Waals surface area contributed by atoms with Crippen molar-refractivity contribution in [2.75, 3.05) is 6.54 Å². The first-order valence-corrected chi connectivity index (χ1v) is 10.0.